The van der Waals surface area contributed by atoms with Crippen molar-refractivity contribution in [1.29, 1.82) is 0 Å². The minimum absolute atomic E-state index is 0.688. The Hall–Kier alpha value is -2.72. The molecule has 1 aliphatic carbocycles. The summed E-state index contributed by atoms with van der Waals surface area (Å²) in [6.45, 7) is 5.00. The van der Waals surface area contributed by atoms with Gasteiger partial charge in [0.2, 0.25) is 0 Å². The summed E-state index contributed by atoms with van der Waals surface area (Å²) >= 11 is 0. The average molecular weight is 397 g/mol. The third-order valence-corrected chi connectivity index (χ3v) is 6.40. The van der Waals surface area contributed by atoms with Crippen LogP contribution in [-0.4, -0.2) is 6.61 Å². The molecule has 0 unspecified atom stereocenters. The van der Waals surface area contributed by atoms with E-state index in [1.165, 1.54) is 54.9 Å². The summed E-state index contributed by atoms with van der Waals surface area (Å²) in [5, 5.41) is 2.38. The van der Waals surface area contributed by atoms with E-state index in [2.05, 4.69) is 73.4 Å². The summed E-state index contributed by atoms with van der Waals surface area (Å²) in [6.07, 6.45) is 8.22. The van der Waals surface area contributed by atoms with E-state index >= 15 is 0 Å². The molecule has 1 fully saturated rings. The Labute approximate surface area is 181 Å². The molecule has 0 aliphatic heterocycles. The SMILES string of the molecule is CCCC1CCC(c2ccc(C#Cc3ccc4cc(OCC)ccc4c3)cc2)CC1. The lowest BCUT2D eigenvalue weighted by Crippen LogP contribution is -2.13. The van der Waals surface area contributed by atoms with Crippen LogP contribution in [0.2, 0.25) is 0 Å². The normalized spacial score (nSPS) is 18.6. The van der Waals surface area contributed by atoms with E-state index in [0.717, 1.165) is 28.7 Å². The van der Waals surface area contributed by atoms with Crippen LogP contribution in [0.1, 0.15) is 75.0 Å². The number of fused-ring (bicyclic) bond motifs is 1. The molecule has 154 valence electrons. The summed E-state index contributed by atoms with van der Waals surface area (Å²) < 4.78 is 5.59. The molecule has 0 spiro atoms. The highest BCUT2D eigenvalue weighted by Crippen LogP contribution is 2.37. The molecule has 3 aromatic carbocycles. The molecule has 0 aromatic heterocycles. The molecule has 1 saturated carbocycles. The minimum atomic E-state index is 0.688. The largest absolute Gasteiger partial charge is 0.494 e. The second-order valence-electron chi connectivity index (χ2n) is 8.54. The van der Waals surface area contributed by atoms with Gasteiger partial charge in [0.25, 0.3) is 0 Å². The zero-order valence-corrected chi connectivity index (χ0v) is 18.3. The van der Waals surface area contributed by atoms with Gasteiger partial charge in [-0.05, 0) is 97.2 Å². The molecule has 0 saturated heterocycles. The van der Waals surface area contributed by atoms with Crippen LogP contribution >= 0.6 is 0 Å². The predicted molar refractivity (Wildman–Crippen MR) is 127 cm³/mol. The maximum atomic E-state index is 5.59. The van der Waals surface area contributed by atoms with E-state index in [0.29, 0.717) is 6.61 Å². The van der Waals surface area contributed by atoms with E-state index < -0.39 is 0 Å². The molecule has 0 N–H and O–H groups in total. The molecule has 4 rings (SSSR count). The lowest BCUT2D eigenvalue weighted by molar-refractivity contribution is 0.308. The van der Waals surface area contributed by atoms with Gasteiger partial charge in [-0.2, -0.15) is 0 Å². The second-order valence-corrected chi connectivity index (χ2v) is 8.54. The smallest absolute Gasteiger partial charge is 0.119 e. The van der Waals surface area contributed by atoms with Crippen LogP contribution in [0.15, 0.2) is 60.7 Å². The topological polar surface area (TPSA) is 9.23 Å². The number of benzene rings is 3. The highest BCUT2D eigenvalue weighted by atomic mass is 16.5. The van der Waals surface area contributed by atoms with Crippen LogP contribution < -0.4 is 4.74 Å². The molecule has 0 amide bonds. The molecule has 1 aliphatic rings. The Balaban J connectivity index is 1.42. The van der Waals surface area contributed by atoms with Crippen LogP contribution in [-0.2, 0) is 0 Å². The maximum absolute atomic E-state index is 5.59. The molecule has 0 heterocycles. The molecule has 0 atom stereocenters. The number of ether oxygens (including phenoxy) is 1. The fourth-order valence-corrected chi connectivity index (χ4v) is 4.73. The summed E-state index contributed by atoms with van der Waals surface area (Å²) in [5.74, 6) is 9.29. The maximum Gasteiger partial charge on any atom is 0.119 e. The van der Waals surface area contributed by atoms with E-state index in [1.807, 2.05) is 13.0 Å². The van der Waals surface area contributed by atoms with Gasteiger partial charge in [-0.15, -0.1) is 0 Å². The summed E-state index contributed by atoms with van der Waals surface area (Å²) in [6, 6.07) is 21.6. The Kier molecular flexibility index (Phi) is 6.75. The lowest BCUT2D eigenvalue weighted by Gasteiger charge is -2.28. The zero-order chi connectivity index (χ0) is 20.8. The first-order valence-corrected chi connectivity index (χ1v) is 11.5. The number of hydrogen-bond donors (Lipinski definition) is 0. The fourth-order valence-electron chi connectivity index (χ4n) is 4.73. The summed E-state index contributed by atoms with van der Waals surface area (Å²) in [7, 11) is 0. The van der Waals surface area contributed by atoms with Crippen molar-refractivity contribution in [1.82, 2.24) is 0 Å². The van der Waals surface area contributed by atoms with Gasteiger partial charge in [0.1, 0.15) is 5.75 Å². The van der Waals surface area contributed by atoms with Gasteiger partial charge in [-0.1, -0.05) is 55.9 Å². The van der Waals surface area contributed by atoms with Crippen LogP contribution in [0.4, 0.5) is 0 Å². The lowest BCUT2D eigenvalue weighted by atomic mass is 9.77. The Morgan fingerprint density at radius 3 is 2.17 bits per heavy atom. The van der Waals surface area contributed by atoms with Crippen LogP contribution in [0.25, 0.3) is 10.8 Å². The predicted octanol–water partition coefficient (Wildman–Crippen LogP) is 7.71. The van der Waals surface area contributed by atoms with Crippen LogP contribution in [0, 0.1) is 17.8 Å². The monoisotopic (exact) mass is 396 g/mol. The highest BCUT2D eigenvalue weighted by molar-refractivity contribution is 5.85. The van der Waals surface area contributed by atoms with Crippen molar-refractivity contribution < 1.29 is 4.74 Å². The number of rotatable bonds is 5. The first-order chi connectivity index (χ1) is 14.7. The van der Waals surface area contributed by atoms with Crippen molar-refractivity contribution in [3.63, 3.8) is 0 Å². The van der Waals surface area contributed by atoms with Crippen molar-refractivity contribution >= 4 is 10.8 Å². The molecule has 1 nitrogen and oxygen atoms in total. The first-order valence-electron chi connectivity index (χ1n) is 11.5. The average Bonchev–Trinajstić information content (AvgIpc) is 2.79. The third kappa shape index (κ3) is 5.06. The van der Waals surface area contributed by atoms with Gasteiger partial charge in [-0.25, -0.2) is 0 Å². The van der Waals surface area contributed by atoms with Crippen molar-refractivity contribution in [2.24, 2.45) is 5.92 Å². The molecule has 0 radical (unpaired) electrons. The fraction of sp³-hybridized carbons (Fsp3) is 0.379. The Bertz CT molecular complexity index is 1030. The van der Waals surface area contributed by atoms with Gasteiger partial charge in [0.05, 0.1) is 6.61 Å². The van der Waals surface area contributed by atoms with Crippen molar-refractivity contribution in [2.45, 2.75) is 58.3 Å². The quantitative estimate of drug-likeness (QED) is 0.401. The molecule has 30 heavy (non-hydrogen) atoms. The number of hydrogen-bond acceptors (Lipinski definition) is 1. The van der Waals surface area contributed by atoms with Gasteiger partial charge >= 0.3 is 0 Å². The minimum Gasteiger partial charge on any atom is -0.494 e. The van der Waals surface area contributed by atoms with Crippen molar-refractivity contribution in [2.75, 3.05) is 6.61 Å². The third-order valence-electron chi connectivity index (χ3n) is 6.40. The standard InChI is InChI=1S/C29H32O/c1-3-5-22-8-13-25(14-9-22)26-15-10-23(11-16-26)6-7-24-12-17-28-21-29(30-4-2)19-18-27(28)20-24/h10-12,15-22,25H,3-5,8-9,13-14H2,1-2H3. The van der Waals surface area contributed by atoms with Gasteiger partial charge in [-0.3, -0.25) is 0 Å². The van der Waals surface area contributed by atoms with E-state index in [-0.39, 0.29) is 0 Å². The highest BCUT2D eigenvalue weighted by Gasteiger charge is 2.21. The van der Waals surface area contributed by atoms with Crippen molar-refractivity contribution in [3.05, 3.63) is 77.4 Å². The second kappa shape index (κ2) is 9.86. The zero-order valence-electron chi connectivity index (χ0n) is 18.3. The van der Waals surface area contributed by atoms with E-state index in [1.54, 1.807) is 0 Å². The summed E-state index contributed by atoms with van der Waals surface area (Å²) in [5.41, 5.74) is 3.63. The van der Waals surface area contributed by atoms with Gasteiger partial charge in [0.15, 0.2) is 0 Å². The Morgan fingerprint density at radius 2 is 1.43 bits per heavy atom. The Morgan fingerprint density at radius 1 is 0.767 bits per heavy atom. The van der Waals surface area contributed by atoms with E-state index in [9.17, 15) is 0 Å². The van der Waals surface area contributed by atoms with Gasteiger partial charge in [0, 0.05) is 11.1 Å². The van der Waals surface area contributed by atoms with Crippen LogP contribution in [0.3, 0.4) is 0 Å². The van der Waals surface area contributed by atoms with Gasteiger partial charge < -0.3 is 4.74 Å². The molecular weight excluding hydrogens is 364 g/mol. The molecular formula is C29H32O. The molecule has 0 bridgehead atoms. The molecule has 3 aromatic rings. The van der Waals surface area contributed by atoms with E-state index in [4.69, 9.17) is 4.74 Å². The van der Waals surface area contributed by atoms with Crippen LogP contribution in [0.5, 0.6) is 5.75 Å². The van der Waals surface area contributed by atoms with Crippen molar-refractivity contribution in [3.8, 4) is 17.6 Å². The summed E-state index contributed by atoms with van der Waals surface area (Å²) in [4.78, 5) is 0. The molecule has 1 heteroatoms. The first kappa shape index (κ1) is 20.5.